The van der Waals surface area contributed by atoms with E-state index in [9.17, 15) is 9.59 Å². The maximum absolute atomic E-state index is 11.3. The van der Waals surface area contributed by atoms with Gasteiger partial charge in [-0.15, -0.1) is 0 Å². The molecule has 0 spiro atoms. The van der Waals surface area contributed by atoms with E-state index in [0.29, 0.717) is 31.1 Å². The summed E-state index contributed by atoms with van der Waals surface area (Å²) in [6.45, 7) is 4.88. The molecular formula is C16H21N5O4. The predicted molar refractivity (Wildman–Crippen MR) is 89.5 cm³/mol. The summed E-state index contributed by atoms with van der Waals surface area (Å²) in [5, 5.41) is 0. The Balaban J connectivity index is 1.66. The Labute approximate surface area is 145 Å². The molecule has 3 heterocycles. The molecule has 2 aliphatic heterocycles. The average molecular weight is 347 g/mol. The molecule has 1 saturated heterocycles. The van der Waals surface area contributed by atoms with Crippen molar-refractivity contribution in [2.45, 2.75) is 25.9 Å². The maximum Gasteiger partial charge on any atom is 0.302 e. The van der Waals surface area contributed by atoms with E-state index < -0.39 is 0 Å². The third-order valence-electron chi connectivity index (χ3n) is 4.34. The van der Waals surface area contributed by atoms with Gasteiger partial charge in [0.1, 0.15) is 18.1 Å². The van der Waals surface area contributed by atoms with Crippen molar-refractivity contribution in [2.24, 2.45) is 10.9 Å². The summed E-state index contributed by atoms with van der Waals surface area (Å²) in [5.74, 6) is -0.362. The van der Waals surface area contributed by atoms with Crippen molar-refractivity contribution < 1.29 is 19.1 Å². The smallest absolute Gasteiger partial charge is 0.302 e. The molecule has 9 heteroatoms. The van der Waals surface area contributed by atoms with Crippen LogP contribution in [-0.4, -0.2) is 65.4 Å². The Hall–Kier alpha value is -2.55. The number of nitrogens with two attached hydrogens (primary N) is 1. The van der Waals surface area contributed by atoms with Crippen LogP contribution in [0.1, 0.15) is 25.5 Å². The SMILES string of the molecule is CC(=O)OC[C@H]1CN(CC2C=Nc3c(N)ncnc32)C[C@@H]1OC(C)=O. The highest BCUT2D eigenvalue weighted by Crippen LogP contribution is 2.35. The first-order valence-electron chi connectivity index (χ1n) is 8.11. The standard InChI is InChI=1S/C16H21N5O4/c1-9(22)24-7-12-5-21(6-13(12)25-10(2)23)4-11-3-18-15-14(11)19-8-20-16(15)17/h3,8,11-13H,4-7H2,1-2H3,(H2,17,19,20)/t11?,12-,13+/m1/s1. The largest absolute Gasteiger partial charge is 0.465 e. The number of carbonyl (C=O) groups is 2. The fourth-order valence-corrected chi connectivity index (χ4v) is 3.26. The van der Waals surface area contributed by atoms with Gasteiger partial charge in [0.25, 0.3) is 0 Å². The lowest BCUT2D eigenvalue weighted by atomic mass is 10.1. The van der Waals surface area contributed by atoms with E-state index in [4.69, 9.17) is 15.2 Å². The summed E-state index contributed by atoms with van der Waals surface area (Å²) >= 11 is 0. The van der Waals surface area contributed by atoms with Crippen LogP contribution in [0.25, 0.3) is 0 Å². The number of aromatic nitrogens is 2. The molecule has 25 heavy (non-hydrogen) atoms. The van der Waals surface area contributed by atoms with Gasteiger partial charge in [-0.05, 0) is 0 Å². The number of esters is 2. The summed E-state index contributed by atoms with van der Waals surface area (Å²) in [6, 6.07) is 0. The minimum atomic E-state index is -0.343. The maximum atomic E-state index is 11.3. The van der Waals surface area contributed by atoms with Gasteiger partial charge in [0, 0.05) is 45.6 Å². The van der Waals surface area contributed by atoms with Gasteiger partial charge >= 0.3 is 11.9 Å². The summed E-state index contributed by atoms with van der Waals surface area (Å²) in [6.07, 6.45) is 2.95. The summed E-state index contributed by atoms with van der Waals surface area (Å²) < 4.78 is 10.5. The molecule has 2 N–H and O–H groups in total. The van der Waals surface area contributed by atoms with Crippen molar-refractivity contribution in [3.63, 3.8) is 0 Å². The molecule has 0 aliphatic carbocycles. The first-order valence-corrected chi connectivity index (χ1v) is 8.11. The van der Waals surface area contributed by atoms with Crippen LogP contribution in [0, 0.1) is 5.92 Å². The molecule has 0 bridgehead atoms. The molecular weight excluding hydrogens is 326 g/mol. The van der Waals surface area contributed by atoms with Gasteiger partial charge in [0.15, 0.2) is 5.82 Å². The fraction of sp³-hybridized carbons (Fsp3) is 0.562. The van der Waals surface area contributed by atoms with Crippen molar-refractivity contribution in [1.29, 1.82) is 0 Å². The number of nitrogens with zero attached hydrogens (tertiary/aromatic N) is 4. The van der Waals surface area contributed by atoms with Crippen molar-refractivity contribution in [3.05, 3.63) is 12.0 Å². The lowest BCUT2D eigenvalue weighted by Gasteiger charge is -2.19. The molecule has 3 atom stereocenters. The minimum Gasteiger partial charge on any atom is -0.465 e. The highest BCUT2D eigenvalue weighted by atomic mass is 16.6. The molecule has 0 aromatic carbocycles. The highest BCUT2D eigenvalue weighted by Gasteiger charge is 2.37. The fourth-order valence-electron chi connectivity index (χ4n) is 3.26. The Morgan fingerprint density at radius 1 is 1.28 bits per heavy atom. The molecule has 0 saturated carbocycles. The number of carbonyl (C=O) groups excluding carboxylic acids is 2. The number of rotatable bonds is 5. The first kappa shape index (κ1) is 17.3. The summed E-state index contributed by atoms with van der Waals surface area (Å²) in [7, 11) is 0. The number of hydrogen-bond donors (Lipinski definition) is 1. The zero-order valence-corrected chi connectivity index (χ0v) is 14.2. The molecule has 1 aromatic rings. The van der Waals surface area contributed by atoms with Crippen LogP contribution in [0.3, 0.4) is 0 Å². The van der Waals surface area contributed by atoms with Gasteiger partial charge in [0.2, 0.25) is 0 Å². The number of likely N-dealkylation sites (tertiary alicyclic amines) is 1. The Bertz CT molecular complexity index is 708. The van der Waals surface area contributed by atoms with Gasteiger partial charge in [-0.3, -0.25) is 19.5 Å². The van der Waals surface area contributed by atoms with Crippen LogP contribution in [0.15, 0.2) is 11.3 Å². The van der Waals surface area contributed by atoms with E-state index in [1.165, 1.54) is 20.2 Å². The third-order valence-corrected chi connectivity index (χ3v) is 4.34. The van der Waals surface area contributed by atoms with Crippen LogP contribution in [-0.2, 0) is 19.1 Å². The van der Waals surface area contributed by atoms with E-state index >= 15 is 0 Å². The minimum absolute atomic E-state index is 0.00533. The number of nitrogen functional groups attached to an aromatic ring is 1. The number of aliphatic imine (C=N–C) groups is 1. The summed E-state index contributed by atoms with van der Waals surface area (Å²) in [5.41, 5.74) is 7.25. The van der Waals surface area contributed by atoms with E-state index in [0.717, 1.165) is 5.69 Å². The number of hydrogen-bond acceptors (Lipinski definition) is 9. The van der Waals surface area contributed by atoms with Crippen molar-refractivity contribution in [3.8, 4) is 0 Å². The van der Waals surface area contributed by atoms with Gasteiger partial charge in [0.05, 0.1) is 18.2 Å². The van der Waals surface area contributed by atoms with E-state index in [2.05, 4.69) is 19.9 Å². The van der Waals surface area contributed by atoms with Crippen LogP contribution in [0.4, 0.5) is 11.5 Å². The number of ether oxygens (including phenoxy) is 2. The molecule has 9 nitrogen and oxygen atoms in total. The Kier molecular flexibility index (Phi) is 4.93. The molecule has 3 rings (SSSR count). The van der Waals surface area contributed by atoms with E-state index in [1.54, 1.807) is 0 Å². The molecule has 1 aromatic heterocycles. The van der Waals surface area contributed by atoms with Crippen LogP contribution < -0.4 is 5.73 Å². The first-order chi connectivity index (χ1) is 11.9. The van der Waals surface area contributed by atoms with Crippen molar-refractivity contribution in [2.75, 3.05) is 32.0 Å². The molecule has 134 valence electrons. The van der Waals surface area contributed by atoms with Crippen molar-refractivity contribution in [1.82, 2.24) is 14.9 Å². The zero-order chi connectivity index (χ0) is 18.0. The van der Waals surface area contributed by atoms with Gasteiger partial charge in [-0.25, -0.2) is 9.97 Å². The van der Waals surface area contributed by atoms with Gasteiger partial charge < -0.3 is 15.2 Å². The van der Waals surface area contributed by atoms with Gasteiger partial charge in [-0.1, -0.05) is 0 Å². The Morgan fingerprint density at radius 2 is 2.08 bits per heavy atom. The molecule has 2 aliphatic rings. The number of fused-ring (bicyclic) bond motifs is 1. The summed E-state index contributed by atoms with van der Waals surface area (Å²) in [4.78, 5) is 37.1. The quantitative estimate of drug-likeness (QED) is 0.754. The lowest BCUT2D eigenvalue weighted by molar-refractivity contribution is -0.150. The lowest BCUT2D eigenvalue weighted by Crippen LogP contribution is -2.29. The zero-order valence-electron chi connectivity index (χ0n) is 14.2. The topological polar surface area (TPSA) is 120 Å². The molecule has 0 radical (unpaired) electrons. The monoisotopic (exact) mass is 347 g/mol. The second kappa shape index (κ2) is 7.14. The van der Waals surface area contributed by atoms with E-state index in [-0.39, 0.29) is 36.5 Å². The molecule has 1 unspecified atom stereocenters. The van der Waals surface area contributed by atoms with Crippen molar-refractivity contribution >= 4 is 29.7 Å². The van der Waals surface area contributed by atoms with Gasteiger partial charge in [-0.2, -0.15) is 0 Å². The molecule has 0 amide bonds. The van der Waals surface area contributed by atoms with E-state index in [1.807, 2.05) is 6.21 Å². The normalized spacial score (nSPS) is 25.0. The van der Waals surface area contributed by atoms with Crippen LogP contribution in [0.5, 0.6) is 0 Å². The highest BCUT2D eigenvalue weighted by molar-refractivity contribution is 5.83. The third kappa shape index (κ3) is 3.93. The van der Waals surface area contributed by atoms with Crippen LogP contribution >= 0.6 is 0 Å². The Morgan fingerprint density at radius 3 is 2.80 bits per heavy atom. The second-order valence-corrected chi connectivity index (χ2v) is 6.31. The van der Waals surface area contributed by atoms with Crippen LogP contribution in [0.2, 0.25) is 0 Å². The molecule has 1 fully saturated rings. The number of anilines is 1. The second-order valence-electron chi connectivity index (χ2n) is 6.31. The average Bonchev–Trinajstić information content (AvgIpc) is 3.10. The predicted octanol–water partition coefficient (Wildman–Crippen LogP) is 0.285.